The molecule has 86 heavy (non-hydrogen) atoms. The summed E-state index contributed by atoms with van der Waals surface area (Å²) in [6.45, 7) is 4.63. The van der Waals surface area contributed by atoms with Gasteiger partial charge in [0, 0.05) is 65.9 Å². The van der Waals surface area contributed by atoms with Gasteiger partial charge in [-0.2, -0.15) is 0 Å². The first-order chi connectivity index (χ1) is 42.2. The van der Waals surface area contributed by atoms with Gasteiger partial charge in [0.1, 0.15) is 16.7 Å². The quantitative estimate of drug-likeness (QED) is 0.164. The third kappa shape index (κ3) is 7.19. The number of carbonyl (C=O) groups excluding carboxylic acids is 1. The van der Waals surface area contributed by atoms with Crippen molar-refractivity contribution in [2.24, 2.45) is 0 Å². The standard InChI is InChI=1S/C81H53NO4/c1-80(2)66-36-18-17-33-59(66)64-47-55(41-44-67(64)80)82(69-37-19-28-53-46-52(40-42-57(53)69)49-22-7-3-8-23-49)70-38-20-35-61-74-73-65(48-63(78(74)86-76(61)70)51-26-11-5-12-27-51)79(83)81(84,54-29-13-6-14-30-54)68-45-43-62-72-60(34-21-39-71(72)85-77(62)75(68)73)58-32-16-15-31-56(58)50-24-9-4-10-25-50/h3-48,84H,1-2H3. The number of carbonyl (C=O) groups is 1. The van der Waals surface area contributed by atoms with E-state index in [4.69, 9.17) is 8.83 Å². The summed E-state index contributed by atoms with van der Waals surface area (Å²) in [6.07, 6.45) is 0. The van der Waals surface area contributed by atoms with Gasteiger partial charge in [0.15, 0.2) is 11.2 Å². The number of furan rings is 2. The van der Waals surface area contributed by atoms with E-state index < -0.39 is 11.4 Å². The van der Waals surface area contributed by atoms with E-state index in [9.17, 15) is 5.11 Å². The van der Waals surface area contributed by atoms with Gasteiger partial charge in [0.2, 0.25) is 5.78 Å². The van der Waals surface area contributed by atoms with E-state index >= 15 is 4.79 Å². The van der Waals surface area contributed by atoms with Gasteiger partial charge >= 0.3 is 0 Å². The van der Waals surface area contributed by atoms with Crippen molar-refractivity contribution in [1.29, 1.82) is 0 Å². The maximum Gasteiger partial charge on any atom is 0.204 e. The summed E-state index contributed by atoms with van der Waals surface area (Å²) in [5.41, 5.74) is 18.7. The van der Waals surface area contributed by atoms with E-state index in [2.05, 4.69) is 213 Å². The lowest BCUT2D eigenvalue weighted by Crippen LogP contribution is -2.40. The molecule has 2 aliphatic carbocycles. The van der Waals surface area contributed by atoms with Crippen LogP contribution in [0.15, 0.2) is 288 Å². The van der Waals surface area contributed by atoms with Crippen LogP contribution < -0.4 is 4.90 Å². The molecule has 2 aliphatic rings. The van der Waals surface area contributed by atoms with Crippen LogP contribution in [0.4, 0.5) is 17.1 Å². The molecule has 0 radical (unpaired) electrons. The number of hydrogen-bond acceptors (Lipinski definition) is 5. The maximum atomic E-state index is 16.2. The van der Waals surface area contributed by atoms with Crippen molar-refractivity contribution in [3.8, 4) is 66.8 Å². The highest BCUT2D eigenvalue weighted by Crippen LogP contribution is 2.58. The Balaban J connectivity index is 0.979. The Labute approximate surface area is 496 Å². The molecule has 17 rings (SSSR count). The Kier molecular flexibility index (Phi) is 10.9. The molecule has 0 aliphatic heterocycles. The number of aliphatic hydroxyl groups is 1. The molecule has 1 unspecified atom stereocenters. The lowest BCUT2D eigenvalue weighted by Gasteiger charge is -2.35. The average molecular weight is 1100 g/mol. The molecule has 0 saturated heterocycles. The monoisotopic (exact) mass is 1100 g/mol. The number of Topliss-reactive ketones (excluding diaryl/α,β-unsaturated/α-hetero) is 1. The topological polar surface area (TPSA) is 66.8 Å². The molecule has 5 heteroatoms. The van der Waals surface area contributed by atoms with Crippen LogP contribution in [0.5, 0.6) is 0 Å². The van der Waals surface area contributed by atoms with Crippen LogP contribution in [0.3, 0.4) is 0 Å². The van der Waals surface area contributed by atoms with Gasteiger partial charge in [0.05, 0.1) is 11.4 Å². The molecular weight excluding hydrogens is 1050 g/mol. The molecule has 0 spiro atoms. The Morgan fingerprint density at radius 2 is 0.953 bits per heavy atom. The van der Waals surface area contributed by atoms with Crippen LogP contribution in [0, 0.1) is 0 Å². The van der Waals surface area contributed by atoms with Crippen molar-refractivity contribution in [3.05, 3.63) is 307 Å². The third-order valence-electron chi connectivity index (χ3n) is 18.5. The minimum Gasteiger partial charge on any atom is -0.455 e. The minimum atomic E-state index is -2.10. The Morgan fingerprint density at radius 3 is 1.72 bits per heavy atom. The summed E-state index contributed by atoms with van der Waals surface area (Å²) in [5.74, 6) is -0.433. The van der Waals surface area contributed by atoms with Crippen LogP contribution >= 0.6 is 0 Å². The maximum absolute atomic E-state index is 16.2. The number of fused-ring (bicyclic) bond motifs is 15. The molecule has 0 saturated carbocycles. The largest absolute Gasteiger partial charge is 0.455 e. The molecular formula is C81H53NO4. The number of benzene rings is 13. The SMILES string of the molecule is CC1(C)c2ccccc2-c2cc(N(c3cccc4cc(-c5ccccc5)ccc34)c3cccc4c3oc3c(-c5ccccc5)cc5c(c34)-c3c(ccc4c3oc3cccc(-c6ccccc6-c6ccccc6)c34)C(O)(c3ccccc3)C5=O)ccc21. The number of anilines is 3. The van der Waals surface area contributed by atoms with Crippen molar-refractivity contribution in [1.82, 2.24) is 0 Å². The normalized spacial score (nSPS) is 14.8. The molecule has 1 atom stereocenters. The molecule has 2 aromatic heterocycles. The van der Waals surface area contributed by atoms with Gasteiger partial charge < -0.3 is 18.8 Å². The number of para-hydroxylation sites is 1. The fraction of sp³-hybridized carbons (Fsp3) is 0.0494. The fourth-order valence-corrected chi connectivity index (χ4v) is 14.5. The molecule has 1 N–H and O–H groups in total. The van der Waals surface area contributed by atoms with Crippen molar-refractivity contribution >= 4 is 77.5 Å². The predicted octanol–water partition coefficient (Wildman–Crippen LogP) is 21.2. The van der Waals surface area contributed by atoms with Gasteiger partial charge in [-0.1, -0.05) is 250 Å². The van der Waals surface area contributed by atoms with Crippen LogP contribution in [-0.2, 0) is 11.0 Å². The van der Waals surface area contributed by atoms with Crippen LogP contribution in [0.1, 0.15) is 46.5 Å². The van der Waals surface area contributed by atoms with Gasteiger partial charge in [0.25, 0.3) is 0 Å². The smallest absolute Gasteiger partial charge is 0.204 e. The summed E-state index contributed by atoms with van der Waals surface area (Å²) in [6, 6.07) is 96.5. The van der Waals surface area contributed by atoms with E-state index in [1.54, 1.807) is 0 Å². The van der Waals surface area contributed by atoms with E-state index in [0.29, 0.717) is 50.1 Å². The highest BCUT2D eigenvalue weighted by molar-refractivity contribution is 6.30. The Bertz CT molecular complexity index is 5290. The van der Waals surface area contributed by atoms with E-state index in [1.807, 2.05) is 84.9 Å². The number of nitrogens with zero attached hydrogens (tertiary/aromatic N) is 1. The van der Waals surface area contributed by atoms with Crippen molar-refractivity contribution < 1.29 is 18.7 Å². The molecule has 0 bridgehead atoms. The average Bonchev–Trinajstić information content (AvgIpc) is 1.36. The number of hydrogen-bond donors (Lipinski definition) is 1. The number of ketones is 1. The van der Waals surface area contributed by atoms with Crippen molar-refractivity contribution in [3.63, 3.8) is 0 Å². The van der Waals surface area contributed by atoms with Gasteiger partial charge in [-0.05, 0) is 115 Å². The zero-order chi connectivity index (χ0) is 57.4. The van der Waals surface area contributed by atoms with Crippen molar-refractivity contribution in [2.75, 3.05) is 4.90 Å². The fourth-order valence-electron chi connectivity index (χ4n) is 14.5. The summed E-state index contributed by atoms with van der Waals surface area (Å²) in [7, 11) is 0. The summed E-state index contributed by atoms with van der Waals surface area (Å²) in [4.78, 5) is 18.6. The first-order valence-electron chi connectivity index (χ1n) is 29.4. The third-order valence-corrected chi connectivity index (χ3v) is 18.5. The predicted molar refractivity (Wildman–Crippen MR) is 352 cm³/mol. The Hall–Kier alpha value is -10.9. The zero-order valence-electron chi connectivity index (χ0n) is 47.2. The van der Waals surface area contributed by atoms with Crippen LogP contribution in [-0.4, -0.2) is 10.9 Å². The summed E-state index contributed by atoms with van der Waals surface area (Å²) < 4.78 is 15.0. The van der Waals surface area contributed by atoms with Crippen LogP contribution in [0.2, 0.25) is 0 Å². The molecule has 0 amide bonds. The first-order valence-corrected chi connectivity index (χ1v) is 29.4. The first kappa shape index (κ1) is 49.7. The second-order valence-corrected chi connectivity index (χ2v) is 23.5. The summed E-state index contributed by atoms with van der Waals surface area (Å²) in [5, 5.41) is 19.2. The molecule has 13 aromatic carbocycles. The van der Waals surface area contributed by atoms with Crippen molar-refractivity contribution in [2.45, 2.75) is 24.9 Å². The summed E-state index contributed by atoms with van der Waals surface area (Å²) >= 11 is 0. The molecule has 15 aromatic rings. The zero-order valence-corrected chi connectivity index (χ0v) is 47.2. The minimum absolute atomic E-state index is 0.200. The highest BCUT2D eigenvalue weighted by Gasteiger charge is 2.49. The van der Waals surface area contributed by atoms with Gasteiger partial charge in [-0.3, -0.25) is 4.79 Å². The van der Waals surface area contributed by atoms with Gasteiger partial charge in [-0.25, -0.2) is 0 Å². The van der Waals surface area contributed by atoms with Crippen LogP contribution in [0.25, 0.3) is 121 Å². The molecule has 406 valence electrons. The van der Waals surface area contributed by atoms with Gasteiger partial charge in [-0.15, -0.1) is 0 Å². The second-order valence-electron chi connectivity index (χ2n) is 23.5. The van der Waals surface area contributed by atoms with E-state index in [-0.39, 0.29) is 5.41 Å². The van der Waals surface area contributed by atoms with E-state index in [1.165, 1.54) is 22.3 Å². The molecule has 0 fully saturated rings. The van der Waals surface area contributed by atoms with E-state index in [0.717, 1.165) is 93.9 Å². The lowest BCUT2D eigenvalue weighted by atomic mass is 9.69. The number of rotatable bonds is 8. The second kappa shape index (κ2) is 18.8. The molecule has 5 nitrogen and oxygen atoms in total. The lowest BCUT2D eigenvalue weighted by molar-refractivity contribution is 0.0483. The highest BCUT2D eigenvalue weighted by atomic mass is 16.3. The Morgan fingerprint density at radius 1 is 0.360 bits per heavy atom. The molecule has 2 heterocycles.